The number of thiazole rings is 2. The van der Waals surface area contributed by atoms with Crippen LogP contribution in [-0.4, -0.2) is 40.5 Å². The van der Waals surface area contributed by atoms with E-state index in [4.69, 9.17) is 9.73 Å². The van der Waals surface area contributed by atoms with Gasteiger partial charge in [-0.15, -0.1) is 35.5 Å². The number of fused-ring (bicyclic) bond motifs is 1. The number of terminal acetylenes is 1. The standard InChI is InChI=1S/C22H29N5O2S2.C2H2/c1-15-13-30-20(27-15)12-25-19(11-23-8-7-21(28)29-22(2,3)4)24-10-16-5-6-17-18(9-16)31-14-26-17;1-2/h5-6,9,13-14,23H,7-8,10-12H2,1-4H3,(H,24,25);1-2H. The molecule has 0 saturated heterocycles. The predicted molar refractivity (Wildman–Crippen MR) is 138 cm³/mol. The van der Waals surface area contributed by atoms with Crippen molar-refractivity contribution in [1.82, 2.24) is 20.6 Å². The van der Waals surface area contributed by atoms with Gasteiger partial charge in [0.1, 0.15) is 16.4 Å². The minimum atomic E-state index is -0.462. The summed E-state index contributed by atoms with van der Waals surface area (Å²) in [5.41, 5.74) is 4.56. The Morgan fingerprint density at radius 1 is 1.24 bits per heavy atom. The van der Waals surface area contributed by atoms with Crippen LogP contribution in [0.15, 0.2) is 34.1 Å². The van der Waals surface area contributed by atoms with Crippen molar-refractivity contribution in [3.05, 3.63) is 45.4 Å². The van der Waals surface area contributed by atoms with E-state index in [1.54, 1.807) is 22.7 Å². The Bertz CT molecular complexity index is 1080. The molecule has 0 aliphatic rings. The molecule has 0 unspecified atom stereocenters. The Labute approximate surface area is 203 Å². The van der Waals surface area contributed by atoms with E-state index < -0.39 is 5.60 Å². The maximum atomic E-state index is 11.9. The second-order valence-corrected chi connectivity index (χ2v) is 10.00. The number of aromatic nitrogens is 2. The predicted octanol–water partition coefficient (Wildman–Crippen LogP) is 4.32. The molecule has 0 atom stereocenters. The molecule has 0 saturated carbocycles. The van der Waals surface area contributed by atoms with Gasteiger partial charge in [0.05, 0.1) is 41.8 Å². The molecule has 1 aromatic carbocycles. The summed E-state index contributed by atoms with van der Waals surface area (Å²) in [5, 5.41) is 9.73. The average molecular weight is 486 g/mol. The van der Waals surface area contributed by atoms with E-state index in [1.807, 2.05) is 44.7 Å². The van der Waals surface area contributed by atoms with Crippen molar-refractivity contribution in [3.8, 4) is 12.8 Å². The van der Waals surface area contributed by atoms with Crippen LogP contribution >= 0.6 is 22.7 Å². The first-order valence-corrected chi connectivity index (χ1v) is 12.3. The SMILES string of the molecule is C#C.Cc1csc(CNC(CNCCC(=O)OC(C)(C)C)=NCc2ccc3ncsc3c2)n1. The lowest BCUT2D eigenvalue weighted by Crippen LogP contribution is -2.35. The number of aliphatic imine (C=N–C) groups is 1. The zero-order valence-electron chi connectivity index (χ0n) is 19.6. The number of amidine groups is 1. The smallest absolute Gasteiger partial charge is 0.307 e. The van der Waals surface area contributed by atoms with E-state index in [9.17, 15) is 4.79 Å². The number of carbonyl (C=O) groups excluding carboxylic acids is 1. The Morgan fingerprint density at radius 3 is 2.73 bits per heavy atom. The van der Waals surface area contributed by atoms with Crippen molar-refractivity contribution >= 4 is 44.7 Å². The highest BCUT2D eigenvalue weighted by Crippen LogP contribution is 2.19. The van der Waals surface area contributed by atoms with E-state index in [1.165, 1.54) is 0 Å². The van der Waals surface area contributed by atoms with Crippen molar-refractivity contribution in [2.45, 2.75) is 52.8 Å². The second-order valence-electron chi connectivity index (χ2n) is 8.17. The van der Waals surface area contributed by atoms with E-state index in [-0.39, 0.29) is 5.97 Å². The fraction of sp³-hybridized carbons (Fsp3) is 0.417. The van der Waals surface area contributed by atoms with Crippen LogP contribution in [0.3, 0.4) is 0 Å². The highest BCUT2D eigenvalue weighted by atomic mass is 32.1. The fourth-order valence-corrected chi connectivity index (χ4v) is 4.26. The first kappa shape index (κ1) is 26.5. The van der Waals surface area contributed by atoms with Crippen LogP contribution in [0.2, 0.25) is 0 Å². The van der Waals surface area contributed by atoms with Crippen LogP contribution in [0.5, 0.6) is 0 Å². The molecule has 33 heavy (non-hydrogen) atoms. The van der Waals surface area contributed by atoms with Crippen molar-refractivity contribution < 1.29 is 9.53 Å². The van der Waals surface area contributed by atoms with Crippen LogP contribution in [0, 0.1) is 19.8 Å². The minimum Gasteiger partial charge on any atom is -0.460 e. The first-order chi connectivity index (χ1) is 15.8. The third kappa shape index (κ3) is 9.70. The Kier molecular flexibility index (Phi) is 10.5. The van der Waals surface area contributed by atoms with Crippen molar-refractivity contribution in [1.29, 1.82) is 0 Å². The summed E-state index contributed by atoms with van der Waals surface area (Å²) in [6.45, 7) is 9.86. The lowest BCUT2D eigenvalue weighted by atomic mass is 10.2. The molecule has 3 aromatic rings. The molecule has 0 aliphatic carbocycles. The van der Waals surface area contributed by atoms with Crippen LogP contribution in [0.4, 0.5) is 0 Å². The molecule has 0 spiro atoms. The number of ether oxygens (including phenoxy) is 1. The van der Waals surface area contributed by atoms with Gasteiger partial charge in [-0.2, -0.15) is 0 Å². The topological polar surface area (TPSA) is 88.5 Å². The van der Waals surface area contributed by atoms with Gasteiger partial charge in [-0.1, -0.05) is 6.07 Å². The number of aryl methyl sites for hydroxylation is 1. The number of carbonyl (C=O) groups is 1. The van der Waals surface area contributed by atoms with Gasteiger partial charge in [-0.3, -0.25) is 9.79 Å². The third-order valence-corrected chi connectivity index (χ3v) is 5.94. The summed E-state index contributed by atoms with van der Waals surface area (Å²) in [5.74, 6) is 0.629. The second kappa shape index (κ2) is 13.0. The summed E-state index contributed by atoms with van der Waals surface area (Å²) in [7, 11) is 0. The van der Waals surface area contributed by atoms with Crippen LogP contribution in [0.25, 0.3) is 10.2 Å². The zero-order chi connectivity index (χ0) is 24.3. The van der Waals surface area contributed by atoms with Crippen molar-refractivity contribution in [3.63, 3.8) is 0 Å². The van der Waals surface area contributed by atoms with Crippen molar-refractivity contribution in [2.75, 3.05) is 13.1 Å². The fourth-order valence-electron chi connectivity index (χ4n) is 2.81. The van der Waals surface area contributed by atoms with Crippen LogP contribution in [0.1, 0.15) is 43.5 Å². The van der Waals surface area contributed by atoms with Gasteiger partial charge in [-0.05, 0) is 45.4 Å². The molecule has 2 aromatic heterocycles. The van der Waals surface area contributed by atoms with Crippen LogP contribution in [-0.2, 0) is 22.6 Å². The number of benzene rings is 1. The summed E-state index contributed by atoms with van der Waals surface area (Å²) in [6.07, 6.45) is 8.32. The molecular weight excluding hydrogens is 454 g/mol. The molecule has 2 heterocycles. The monoisotopic (exact) mass is 485 g/mol. The molecule has 0 amide bonds. The normalized spacial score (nSPS) is 11.6. The summed E-state index contributed by atoms with van der Waals surface area (Å²) in [4.78, 5) is 25.5. The summed E-state index contributed by atoms with van der Waals surface area (Å²) < 4.78 is 6.51. The van der Waals surface area contributed by atoms with Gasteiger partial charge < -0.3 is 15.4 Å². The molecule has 7 nitrogen and oxygen atoms in total. The van der Waals surface area contributed by atoms with Gasteiger partial charge in [-0.25, -0.2) is 9.97 Å². The number of hydrogen-bond acceptors (Lipinski definition) is 8. The van der Waals surface area contributed by atoms with Crippen LogP contribution < -0.4 is 10.6 Å². The maximum Gasteiger partial charge on any atom is 0.307 e. The van der Waals surface area contributed by atoms with E-state index in [0.29, 0.717) is 32.6 Å². The number of nitrogens with zero attached hydrogens (tertiary/aromatic N) is 3. The average Bonchev–Trinajstić information content (AvgIpc) is 3.40. The van der Waals surface area contributed by atoms with Gasteiger partial charge in [0, 0.05) is 17.6 Å². The minimum absolute atomic E-state index is 0.206. The van der Waals surface area contributed by atoms with Crippen molar-refractivity contribution in [2.24, 2.45) is 4.99 Å². The number of nitrogens with one attached hydrogen (secondary N) is 2. The lowest BCUT2D eigenvalue weighted by molar-refractivity contribution is -0.154. The van der Waals surface area contributed by atoms with E-state index >= 15 is 0 Å². The number of hydrogen-bond donors (Lipinski definition) is 2. The lowest BCUT2D eigenvalue weighted by Gasteiger charge is -2.19. The molecular formula is C24H31N5O2S2. The van der Waals surface area contributed by atoms with Gasteiger partial charge in [0.2, 0.25) is 0 Å². The molecule has 0 fully saturated rings. The quantitative estimate of drug-likeness (QED) is 0.154. The summed E-state index contributed by atoms with van der Waals surface area (Å²) in [6, 6.07) is 6.22. The molecule has 0 radical (unpaired) electrons. The zero-order valence-corrected chi connectivity index (χ0v) is 21.2. The van der Waals surface area contributed by atoms with Gasteiger partial charge >= 0.3 is 5.97 Å². The molecule has 2 N–H and O–H groups in total. The maximum absolute atomic E-state index is 11.9. The third-order valence-electron chi connectivity index (χ3n) is 4.18. The largest absolute Gasteiger partial charge is 0.460 e. The van der Waals surface area contributed by atoms with E-state index in [2.05, 4.69) is 45.6 Å². The van der Waals surface area contributed by atoms with Gasteiger partial charge in [0.15, 0.2) is 0 Å². The molecule has 3 rings (SSSR count). The molecule has 0 bridgehead atoms. The Balaban J connectivity index is 0.00000187. The first-order valence-electron chi connectivity index (χ1n) is 10.5. The highest BCUT2D eigenvalue weighted by Gasteiger charge is 2.15. The molecule has 9 heteroatoms. The Morgan fingerprint density at radius 2 is 2.03 bits per heavy atom. The number of esters is 1. The molecule has 0 aliphatic heterocycles. The van der Waals surface area contributed by atoms with Gasteiger partial charge in [0.25, 0.3) is 0 Å². The highest BCUT2D eigenvalue weighted by molar-refractivity contribution is 7.16. The summed E-state index contributed by atoms with van der Waals surface area (Å²) >= 11 is 3.26. The Hall–Kier alpha value is -2.80. The number of rotatable bonds is 9. The van der Waals surface area contributed by atoms with E-state index in [0.717, 1.165) is 32.3 Å². The molecule has 176 valence electrons.